The zero-order valence-corrected chi connectivity index (χ0v) is 16.4. The minimum Gasteiger partial charge on any atom is -0.489 e. The average Bonchev–Trinajstić information content (AvgIpc) is 3.18. The number of hydrogen-bond donors (Lipinski definition) is 1. The summed E-state index contributed by atoms with van der Waals surface area (Å²) in [6.07, 6.45) is 1.08. The lowest BCUT2D eigenvalue weighted by atomic mass is 10.2. The molecule has 1 N–H and O–H groups in total. The van der Waals surface area contributed by atoms with Crippen LogP contribution in [0, 0.1) is 5.82 Å². The van der Waals surface area contributed by atoms with Crippen LogP contribution >= 0.6 is 0 Å². The summed E-state index contributed by atoms with van der Waals surface area (Å²) in [4.78, 5) is 9.65. The second-order valence-corrected chi connectivity index (χ2v) is 7.11. The van der Waals surface area contributed by atoms with Crippen LogP contribution in [-0.2, 0) is 4.74 Å². The van der Waals surface area contributed by atoms with Crippen LogP contribution in [0.3, 0.4) is 0 Å². The minimum atomic E-state index is -0.258. The highest BCUT2D eigenvalue weighted by Crippen LogP contribution is 2.17. The van der Waals surface area contributed by atoms with Crippen molar-refractivity contribution in [1.29, 1.82) is 0 Å². The Kier molecular flexibility index (Phi) is 7.29. The molecule has 6 nitrogen and oxygen atoms in total. The molecule has 2 fully saturated rings. The van der Waals surface area contributed by atoms with Crippen molar-refractivity contribution in [3.05, 3.63) is 30.1 Å². The number of halogens is 1. The molecule has 2 aliphatic rings. The number of aliphatic imine (C=N–C) groups is 1. The van der Waals surface area contributed by atoms with E-state index in [0.717, 1.165) is 58.3 Å². The maximum absolute atomic E-state index is 13.0. The third-order valence-electron chi connectivity index (χ3n) is 5.01. The summed E-state index contributed by atoms with van der Waals surface area (Å²) >= 11 is 0. The molecular formula is C20H31FN4O2. The molecule has 2 saturated heterocycles. The molecule has 2 aliphatic heterocycles. The molecule has 0 aliphatic carbocycles. The van der Waals surface area contributed by atoms with Gasteiger partial charge in [0, 0.05) is 38.8 Å². The molecule has 3 rings (SSSR count). The maximum Gasteiger partial charge on any atom is 0.194 e. The fourth-order valence-corrected chi connectivity index (χ4v) is 3.60. The summed E-state index contributed by atoms with van der Waals surface area (Å²) < 4.78 is 24.3. The van der Waals surface area contributed by atoms with Gasteiger partial charge in [0.15, 0.2) is 5.96 Å². The largest absolute Gasteiger partial charge is 0.489 e. The van der Waals surface area contributed by atoms with Crippen molar-refractivity contribution in [3.8, 4) is 5.75 Å². The third-order valence-corrected chi connectivity index (χ3v) is 5.01. The van der Waals surface area contributed by atoms with Crippen molar-refractivity contribution in [2.75, 3.05) is 52.5 Å². The van der Waals surface area contributed by atoms with Crippen LogP contribution in [0.4, 0.5) is 4.39 Å². The van der Waals surface area contributed by atoms with E-state index in [1.54, 1.807) is 12.1 Å². The minimum absolute atomic E-state index is 0.0817. The van der Waals surface area contributed by atoms with E-state index in [9.17, 15) is 4.39 Å². The average molecular weight is 378 g/mol. The number of rotatable bonds is 6. The smallest absolute Gasteiger partial charge is 0.194 e. The highest BCUT2D eigenvalue weighted by atomic mass is 19.1. The van der Waals surface area contributed by atoms with E-state index in [2.05, 4.69) is 22.0 Å². The number of benzene rings is 1. The molecule has 2 unspecified atom stereocenters. The Morgan fingerprint density at radius 1 is 1.30 bits per heavy atom. The second-order valence-electron chi connectivity index (χ2n) is 7.11. The van der Waals surface area contributed by atoms with Crippen molar-refractivity contribution >= 4 is 5.96 Å². The molecule has 0 aromatic heterocycles. The van der Waals surface area contributed by atoms with E-state index in [1.165, 1.54) is 12.1 Å². The Balaban J connectivity index is 1.53. The summed E-state index contributed by atoms with van der Waals surface area (Å²) in [6, 6.07) is 6.68. The highest BCUT2D eigenvalue weighted by molar-refractivity contribution is 5.80. The van der Waals surface area contributed by atoms with Gasteiger partial charge in [0.2, 0.25) is 0 Å². The van der Waals surface area contributed by atoms with Crippen LogP contribution in [-0.4, -0.2) is 80.4 Å². The first-order valence-electron chi connectivity index (χ1n) is 9.93. The first-order chi connectivity index (χ1) is 13.2. The van der Waals surface area contributed by atoms with Crippen LogP contribution in [0.15, 0.2) is 29.3 Å². The van der Waals surface area contributed by atoms with Crippen molar-refractivity contribution in [2.24, 2.45) is 4.99 Å². The molecule has 0 radical (unpaired) electrons. The molecule has 0 saturated carbocycles. The van der Waals surface area contributed by atoms with Crippen molar-refractivity contribution in [1.82, 2.24) is 15.1 Å². The SMILES string of the molecule is CCNC(=NCC(C)Oc1ccc(F)cc1)N1CCC(N2CCOCC2)C1. The van der Waals surface area contributed by atoms with Gasteiger partial charge < -0.3 is 19.7 Å². The number of nitrogens with one attached hydrogen (secondary N) is 1. The van der Waals surface area contributed by atoms with Gasteiger partial charge in [-0.3, -0.25) is 4.90 Å². The quantitative estimate of drug-likeness (QED) is 0.606. The lowest BCUT2D eigenvalue weighted by Crippen LogP contribution is -2.46. The van der Waals surface area contributed by atoms with Gasteiger partial charge in [-0.15, -0.1) is 0 Å². The molecule has 0 spiro atoms. The van der Waals surface area contributed by atoms with Gasteiger partial charge in [0.25, 0.3) is 0 Å². The lowest BCUT2D eigenvalue weighted by Gasteiger charge is -2.32. The van der Waals surface area contributed by atoms with Gasteiger partial charge in [-0.1, -0.05) is 0 Å². The molecule has 1 aromatic carbocycles. The fourth-order valence-electron chi connectivity index (χ4n) is 3.60. The van der Waals surface area contributed by atoms with Crippen LogP contribution in [0.1, 0.15) is 20.3 Å². The number of likely N-dealkylation sites (tertiary alicyclic amines) is 1. The lowest BCUT2D eigenvalue weighted by molar-refractivity contribution is 0.0195. The van der Waals surface area contributed by atoms with E-state index >= 15 is 0 Å². The Hall–Kier alpha value is -1.86. The number of morpholine rings is 1. The summed E-state index contributed by atoms with van der Waals surface area (Å²) in [7, 11) is 0. The molecule has 150 valence electrons. The van der Waals surface area contributed by atoms with Crippen molar-refractivity contribution in [3.63, 3.8) is 0 Å². The first-order valence-corrected chi connectivity index (χ1v) is 9.93. The predicted molar refractivity (Wildman–Crippen MR) is 105 cm³/mol. The third kappa shape index (κ3) is 5.81. The topological polar surface area (TPSA) is 49.3 Å². The summed E-state index contributed by atoms with van der Waals surface area (Å²) in [5, 5.41) is 3.40. The van der Waals surface area contributed by atoms with Crippen LogP contribution in [0.2, 0.25) is 0 Å². The second kappa shape index (κ2) is 9.90. The molecule has 0 bridgehead atoms. The van der Waals surface area contributed by atoms with Crippen molar-refractivity contribution in [2.45, 2.75) is 32.4 Å². The standard InChI is InChI=1S/C20H31FN4O2/c1-3-22-20(23-14-16(2)27-19-6-4-17(21)5-7-19)25-9-8-18(15-25)24-10-12-26-13-11-24/h4-7,16,18H,3,8-15H2,1-2H3,(H,22,23). The molecule has 1 aromatic rings. The molecule has 2 heterocycles. The molecule has 0 amide bonds. The van der Waals surface area contributed by atoms with E-state index in [1.807, 2.05) is 6.92 Å². The number of hydrogen-bond acceptors (Lipinski definition) is 4. The predicted octanol–water partition coefficient (Wildman–Crippen LogP) is 1.96. The Morgan fingerprint density at radius 3 is 2.74 bits per heavy atom. The maximum atomic E-state index is 13.0. The van der Waals surface area contributed by atoms with Gasteiger partial charge >= 0.3 is 0 Å². The normalized spacial score (nSPS) is 22.7. The zero-order chi connectivity index (χ0) is 19.1. The van der Waals surface area contributed by atoms with Gasteiger partial charge in [-0.2, -0.15) is 0 Å². The molecule has 2 atom stereocenters. The fraction of sp³-hybridized carbons (Fsp3) is 0.650. The summed E-state index contributed by atoms with van der Waals surface area (Å²) in [5.74, 6) is 1.35. The molecule has 27 heavy (non-hydrogen) atoms. The van der Waals surface area contributed by atoms with Crippen LogP contribution in [0.25, 0.3) is 0 Å². The van der Waals surface area contributed by atoms with E-state index in [4.69, 9.17) is 14.5 Å². The Bertz CT molecular complexity index is 605. The zero-order valence-electron chi connectivity index (χ0n) is 16.4. The van der Waals surface area contributed by atoms with Crippen molar-refractivity contribution < 1.29 is 13.9 Å². The van der Waals surface area contributed by atoms with E-state index in [-0.39, 0.29) is 11.9 Å². The summed E-state index contributed by atoms with van der Waals surface area (Å²) in [5.41, 5.74) is 0. The monoisotopic (exact) mass is 378 g/mol. The highest BCUT2D eigenvalue weighted by Gasteiger charge is 2.30. The summed E-state index contributed by atoms with van der Waals surface area (Å²) in [6.45, 7) is 11.2. The van der Waals surface area contributed by atoms with Gasteiger partial charge in [-0.05, 0) is 44.5 Å². The van der Waals surface area contributed by atoms with E-state index in [0.29, 0.717) is 18.3 Å². The number of nitrogens with zero attached hydrogens (tertiary/aromatic N) is 3. The first kappa shape index (κ1) is 19.9. The van der Waals surface area contributed by atoms with Gasteiger partial charge in [0.05, 0.1) is 19.8 Å². The number of ether oxygens (including phenoxy) is 2. The van der Waals surface area contributed by atoms with Gasteiger partial charge in [-0.25, -0.2) is 9.38 Å². The number of guanidine groups is 1. The van der Waals surface area contributed by atoms with E-state index < -0.39 is 0 Å². The van der Waals surface area contributed by atoms with Crippen LogP contribution < -0.4 is 10.1 Å². The Morgan fingerprint density at radius 2 is 2.04 bits per heavy atom. The van der Waals surface area contributed by atoms with Gasteiger partial charge in [0.1, 0.15) is 17.7 Å². The molecular weight excluding hydrogens is 347 g/mol. The van der Waals surface area contributed by atoms with Crippen LogP contribution in [0.5, 0.6) is 5.75 Å². The molecule has 7 heteroatoms. The Labute approximate surface area is 161 Å².